The zero-order valence-electron chi connectivity index (χ0n) is 11.0. The minimum atomic E-state index is -0.203. The van der Waals surface area contributed by atoms with Crippen LogP contribution in [0.5, 0.6) is 0 Å². The van der Waals surface area contributed by atoms with Crippen LogP contribution in [-0.2, 0) is 0 Å². The molecule has 0 aliphatic rings. The molecule has 2 rings (SSSR count). The Labute approximate surface area is 134 Å². The van der Waals surface area contributed by atoms with E-state index in [1.165, 1.54) is 6.33 Å². The summed E-state index contributed by atoms with van der Waals surface area (Å²) in [7, 11) is 0. The van der Waals surface area contributed by atoms with Crippen molar-refractivity contribution >= 4 is 39.9 Å². The summed E-state index contributed by atoms with van der Waals surface area (Å²) in [5.41, 5.74) is 6.20. The molecule has 110 valence electrons. The Hall–Kier alpha value is -2.10. The van der Waals surface area contributed by atoms with E-state index in [0.29, 0.717) is 22.4 Å². The normalized spacial score (nSPS) is 11.4. The van der Waals surface area contributed by atoms with E-state index in [0.717, 1.165) is 5.69 Å². The molecule has 0 amide bonds. The first kappa shape index (κ1) is 15.3. The number of nitrogens with two attached hydrogens (primary N) is 1. The Morgan fingerprint density at radius 3 is 2.81 bits per heavy atom. The molecule has 0 spiro atoms. The molecule has 1 aromatic heterocycles. The fraction of sp³-hybridized carbons (Fsp3) is 0.154. The van der Waals surface area contributed by atoms with Gasteiger partial charge in [-0.05, 0) is 34.7 Å². The van der Waals surface area contributed by atoms with Gasteiger partial charge in [-0.3, -0.25) is 4.79 Å². The fourth-order valence-corrected chi connectivity index (χ4v) is 2.39. The molecule has 21 heavy (non-hydrogen) atoms. The number of H-pyrrole nitrogens is 1. The minimum absolute atomic E-state index is 0.121. The molecule has 0 aliphatic heterocycles. The van der Waals surface area contributed by atoms with Gasteiger partial charge >= 0.3 is 0 Å². The number of anilines is 2. The Kier molecular flexibility index (Phi) is 5.14. The number of rotatable bonds is 5. The van der Waals surface area contributed by atoms with Crippen LogP contribution in [0.3, 0.4) is 0 Å². The highest BCUT2D eigenvalue weighted by Crippen LogP contribution is 2.25. The van der Waals surface area contributed by atoms with E-state index < -0.39 is 0 Å². The molecule has 8 heteroatoms. The van der Waals surface area contributed by atoms with Gasteiger partial charge in [-0.25, -0.2) is 4.98 Å². The molecule has 1 heterocycles. The molecule has 0 saturated heterocycles. The number of para-hydroxylation sites is 1. The molecule has 4 N–H and O–H groups in total. The van der Waals surface area contributed by atoms with E-state index in [1.807, 2.05) is 57.8 Å². The van der Waals surface area contributed by atoms with Crippen molar-refractivity contribution in [1.29, 1.82) is 0 Å². The third kappa shape index (κ3) is 3.72. The average Bonchev–Trinajstić information content (AvgIpc) is 2.52. The number of nitrogens with one attached hydrogen (secondary N) is 1. The molecular formula is C13H14IN5O2. The average molecular weight is 399 g/mol. The summed E-state index contributed by atoms with van der Waals surface area (Å²) in [5, 5.41) is 11.6. The maximum atomic E-state index is 11.8. The number of benzene rings is 1. The van der Waals surface area contributed by atoms with Gasteiger partial charge in [0.15, 0.2) is 5.82 Å². The lowest BCUT2D eigenvalue weighted by Gasteiger charge is -2.24. The van der Waals surface area contributed by atoms with Crippen LogP contribution >= 0.6 is 22.6 Å². The van der Waals surface area contributed by atoms with Crippen molar-refractivity contribution in [2.75, 3.05) is 11.4 Å². The van der Waals surface area contributed by atoms with Crippen molar-refractivity contribution in [3.05, 3.63) is 50.6 Å². The topological polar surface area (TPSA) is 108 Å². The summed E-state index contributed by atoms with van der Waals surface area (Å²) < 4.78 is 0.485. The summed E-state index contributed by atoms with van der Waals surface area (Å²) in [6.07, 6.45) is 1.70. The van der Waals surface area contributed by atoms with Gasteiger partial charge in [0.2, 0.25) is 0 Å². The molecule has 0 unspecified atom stereocenters. The van der Waals surface area contributed by atoms with Crippen molar-refractivity contribution in [2.45, 2.75) is 6.42 Å². The van der Waals surface area contributed by atoms with Crippen LogP contribution in [0.25, 0.3) is 0 Å². The molecule has 0 aliphatic carbocycles. The van der Waals surface area contributed by atoms with Gasteiger partial charge in [0.1, 0.15) is 9.41 Å². The first-order valence-corrected chi connectivity index (χ1v) is 7.23. The van der Waals surface area contributed by atoms with Crippen LogP contribution in [-0.4, -0.2) is 27.6 Å². The molecule has 0 fully saturated rings. The van der Waals surface area contributed by atoms with Crippen LogP contribution < -0.4 is 16.2 Å². The predicted molar refractivity (Wildman–Crippen MR) is 89.0 cm³/mol. The van der Waals surface area contributed by atoms with Crippen LogP contribution in [0.15, 0.2) is 46.6 Å². The number of nitrogens with zero attached hydrogens (tertiary/aromatic N) is 3. The van der Waals surface area contributed by atoms with Crippen molar-refractivity contribution in [1.82, 2.24) is 9.97 Å². The summed E-state index contributed by atoms with van der Waals surface area (Å²) in [6, 6.07) is 9.51. The maximum absolute atomic E-state index is 11.8. The Bertz CT molecular complexity index is 686. The van der Waals surface area contributed by atoms with E-state index in [4.69, 9.17) is 10.9 Å². The fourth-order valence-electron chi connectivity index (χ4n) is 1.80. The lowest BCUT2D eigenvalue weighted by Crippen LogP contribution is -2.27. The monoisotopic (exact) mass is 399 g/mol. The lowest BCUT2D eigenvalue weighted by atomic mass is 10.2. The molecule has 0 atom stereocenters. The highest BCUT2D eigenvalue weighted by Gasteiger charge is 2.16. The van der Waals surface area contributed by atoms with Crippen molar-refractivity contribution in [3.8, 4) is 0 Å². The zero-order valence-corrected chi connectivity index (χ0v) is 13.2. The highest BCUT2D eigenvalue weighted by molar-refractivity contribution is 14.1. The largest absolute Gasteiger partial charge is 0.409 e. The smallest absolute Gasteiger partial charge is 0.266 e. The first-order valence-electron chi connectivity index (χ1n) is 6.15. The SMILES string of the molecule is N/C(CCN(c1ccccc1)c1nc[nH]c(=O)c1I)=N/O. The van der Waals surface area contributed by atoms with Crippen LogP contribution in [0.4, 0.5) is 11.5 Å². The van der Waals surface area contributed by atoms with E-state index in [1.54, 1.807) is 0 Å². The van der Waals surface area contributed by atoms with Crippen LogP contribution in [0.1, 0.15) is 6.42 Å². The zero-order chi connectivity index (χ0) is 15.2. The van der Waals surface area contributed by atoms with Gasteiger partial charge in [-0.1, -0.05) is 23.4 Å². The summed E-state index contributed by atoms with van der Waals surface area (Å²) in [6.45, 7) is 0.437. The van der Waals surface area contributed by atoms with Crippen molar-refractivity contribution in [3.63, 3.8) is 0 Å². The van der Waals surface area contributed by atoms with E-state index in [2.05, 4.69) is 15.1 Å². The molecule has 2 aromatic rings. The molecule has 7 nitrogen and oxygen atoms in total. The van der Waals surface area contributed by atoms with Gasteiger partial charge in [-0.2, -0.15) is 0 Å². The standard InChI is InChI=1S/C13H14IN5O2/c14-11-12(16-8-17-13(11)20)19(7-6-10(15)18-21)9-4-2-1-3-5-9/h1-5,8,21H,6-7H2,(H2,15,18)(H,16,17,20). The van der Waals surface area contributed by atoms with Crippen LogP contribution in [0, 0.1) is 3.57 Å². The highest BCUT2D eigenvalue weighted by atomic mass is 127. The molecule has 0 saturated carbocycles. The maximum Gasteiger partial charge on any atom is 0.266 e. The number of aromatic amines is 1. The first-order chi connectivity index (χ1) is 10.1. The van der Waals surface area contributed by atoms with Gasteiger partial charge in [0.25, 0.3) is 5.56 Å². The van der Waals surface area contributed by atoms with Gasteiger partial charge in [0.05, 0.1) is 6.33 Å². The molecule has 0 bridgehead atoms. The molecule has 0 radical (unpaired) electrons. The second kappa shape index (κ2) is 7.07. The second-order valence-electron chi connectivity index (χ2n) is 4.20. The van der Waals surface area contributed by atoms with E-state index in [9.17, 15) is 4.79 Å². The van der Waals surface area contributed by atoms with Gasteiger partial charge < -0.3 is 20.8 Å². The number of oxime groups is 1. The number of aromatic nitrogens is 2. The van der Waals surface area contributed by atoms with E-state index in [-0.39, 0.29) is 11.4 Å². The Balaban J connectivity index is 2.41. The molecule has 1 aromatic carbocycles. The van der Waals surface area contributed by atoms with Crippen LogP contribution in [0.2, 0.25) is 0 Å². The molecular weight excluding hydrogens is 385 g/mol. The van der Waals surface area contributed by atoms with E-state index >= 15 is 0 Å². The van der Waals surface area contributed by atoms with Gasteiger partial charge in [0, 0.05) is 18.7 Å². The third-order valence-corrected chi connectivity index (χ3v) is 3.79. The van der Waals surface area contributed by atoms with Crippen molar-refractivity contribution in [2.24, 2.45) is 10.9 Å². The summed E-state index contributed by atoms with van der Waals surface area (Å²) >= 11 is 1.95. The number of halogens is 1. The minimum Gasteiger partial charge on any atom is -0.409 e. The summed E-state index contributed by atoms with van der Waals surface area (Å²) in [4.78, 5) is 20.4. The quantitative estimate of drug-likeness (QED) is 0.233. The van der Waals surface area contributed by atoms with Gasteiger partial charge in [-0.15, -0.1) is 0 Å². The number of amidine groups is 1. The second-order valence-corrected chi connectivity index (χ2v) is 5.28. The Morgan fingerprint density at radius 1 is 1.43 bits per heavy atom. The summed E-state index contributed by atoms with van der Waals surface area (Å²) in [5.74, 6) is 0.659. The third-order valence-electron chi connectivity index (χ3n) is 2.82. The Morgan fingerprint density at radius 2 is 2.14 bits per heavy atom. The lowest BCUT2D eigenvalue weighted by molar-refractivity contribution is 0.317. The number of hydrogen-bond donors (Lipinski definition) is 3. The number of hydrogen-bond acceptors (Lipinski definition) is 5. The predicted octanol–water partition coefficient (Wildman–Crippen LogP) is 1.65. The van der Waals surface area contributed by atoms with Crippen molar-refractivity contribution < 1.29 is 5.21 Å².